The van der Waals surface area contributed by atoms with E-state index in [2.05, 4.69) is 0 Å². The highest BCUT2D eigenvalue weighted by Gasteiger charge is 2.43. The fourth-order valence-corrected chi connectivity index (χ4v) is 1.64. The first-order valence-corrected chi connectivity index (χ1v) is 4.55. The van der Waals surface area contributed by atoms with Crippen LogP contribution in [-0.4, -0.2) is 40.9 Å². The van der Waals surface area contributed by atoms with Gasteiger partial charge in [0, 0.05) is 6.08 Å². The molecule has 80 valence electrons. The second-order valence-electron chi connectivity index (χ2n) is 3.95. The summed E-state index contributed by atoms with van der Waals surface area (Å²) in [6.07, 6.45) is -0.544. The molecule has 3 atom stereocenters. The molecule has 0 aliphatic carbocycles. The summed E-state index contributed by atoms with van der Waals surface area (Å²) in [6.45, 7) is 3.84. The fourth-order valence-electron chi connectivity index (χ4n) is 1.64. The summed E-state index contributed by atoms with van der Waals surface area (Å²) in [4.78, 5) is 0. The van der Waals surface area contributed by atoms with E-state index in [9.17, 15) is 5.11 Å². The van der Waals surface area contributed by atoms with Crippen LogP contribution in [0, 0.1) is 0 Å². The Hall–Kier alpha value is -0.780. The van der Waals surface area contributed by atoms with Gasteiger partial charge in [0.15, 0.2) is 11.9 Å². The molecular weight excluding hydrogens is 188 g/mol. The van der Waals surface area contributed by atoms with E-state index in [1.54, 1.807) is 13.8 Å². The zero-order valence-electron chi connectivity index (χ0n) is 8.14. The molecule has 0 spiro atoms. The predicted octanol–water partition coefficient (Wildman–Crippen LogP) is 0.297. The van der Waals surface area contributed by atoms with Gasteiger partial charge < -0.3 is 24.4 Å². The molecule has 5 heteroatoms. The molecule has 0 radical (unpaired) electrons. The number of aliphatic hydroxyl groups excluding tert-OH is 2. The van der Waals surface area contributed by atoms with Crippen LogP contribution in [-0.2, 0) is 14.2 Å². The molecule has 0 aromatic heterocycles. The summed E-state index contributed by atoms with van der Waals surface area (Å²) in [5.74, 6) is -0.989. The Labute approximate surface area is 81.9 Å². The molecule has 0 aromatic carbocycles. The van der Waals surface area contributed by atoms with Crippen molar-refractivity contribution in [3.05, 3.63) is 12.0 Å². The lowest BCUT2D eigenvalue weighted by atomic mass is 10.0. The smallest absolute Gasteiger partial charge is 0.275 e. The van der Waals surface area contributed by atoms with Gasteiger partial charge >= 0.3 is 0 Å². The summed E-state index contributed by atoms with van der Waals surface area (Å²) in [5, 5.41) is 18.7. The third kappa shape index (κ3) is 1.70. The first-order valence-electron chi connectivity index (χ1n) is 4.55. The zero-order valence-corrected chi connectivity index (χ0v) is 8.14. The summed E-state index contributed by atoms with van der Waals surface area (Å²) < 4.78 is 15.9. The highest BCUT2D eigenvalue weighted by Crippen LogP contribution is 2.30. The van der Waals surface area contributed by atoms with Gasteiger partial charge in [-0.2, -0.15) is 0 Å². The topological polar surface area (TPSA) is 68.2 Å². The lowest BCUT2D eigenvalue weighted by Crippen LogP contribution is -2.55. The average molecular weight is 202 g/mol. The maximum absolute atomic E-state index is 9.61. The number of ether oxygens (including phenoxy) is 3. The zero-order chi connectivity index (χ0) is 10.3. The van der Waals surface area contributed by atoms with E-state index in [-0.39, 0.29) is 5.95 Å². The van der Waals surface area contributed by atoms with E-state index in [1.807, 2.05) is 0 Å². The summed E-state index contributed by atoms with van der Waals surface area (Å²) in [6, 6.07) is 0. The van der Waals surface area contributed by atoms with Gasteiger partial charge in [-0.15, -0.1) is 0 Å². The molecule has 0 saturated carbocycles. The van der Waals surface area contributed by atoms with Crippen LogP contribution < -0.4 is 0 Å². The van der Waals surface area contributed by atoms with Crippen LogP contribution in [0.25, 0.3) is 0 Å². The van der Waals surface area contributed by atoms with Crippen LogP contribution in [0.4, 0.5) is 0 Å². The molecule has 0 unspecified atom stereocenters. The summed E-state index contributed by atoms with van der Waals surface area (Å²) >= 11 is 0. The molecule has 2 aliphatic heterocycles. The van der Waals surface area contributed by atoms with Crippen molar-refractivity contribution in [3.8, 4) is 0 Å². The Balaban J connectivity index is 2.15. The molecule has 2 aliphatic rings. The molecule has 5 nitrogen and oxygen atoms in total. The minimum atomic E-state index is -0.850. The van der Waals surface area contributed by atoms with Crippen LogP contribution in [0.2, 0.25) is 0 Å². The van der Waals surface area contributed by atoms with Gasteiger partial charge in [0.2, 0.25) is 0 Å². The molecule has 1 fully saturated rings. The van der Waals surface area contributed by atoms with E-state index in [0.717, 1.165) is 0 Å². The van der Waals surface area contributed by atoms with Gasteiger partial charge in [0.1, 0.15) is 12.2 Å². The second kappa shape index (κ2) is 3.12. The highest BCUT2D eigenvalue weighted by molar-refractivity contribution is 5.03. The fraction of sp³-hybridized carbons (Fsp3) is 0.778. The van der Waals surface area contributed by atoms with Crippen LogP contribution in [0.1, 0.15) is 13.8 Å². The van der Waals surface area contributed by atoms with Crippen LogP contribution in [0.5, 0.6) is 0 Å². The second-order valence-corrected chi connectivity index (χ2v) is 3.95. The average Bonchev–Trinajstić information content (AvgIpc) is 2.06. The minimum absolute atomic E-state index is 0.273. The normalized spacial score (nSPS) is 40.8. The number of aliphatic hydroxyl groups is 2. The van der Waals surface area contributed by atoms with Gasteiger partial charge in [-0.05, 0) is 13.8 Å². The number of hydrogen-bond donors (Lipinski definition) is 2. The standard InChI is InChI=1S/C9H14O5/c1-9(2)12-4-6-8(14-9)5(10)3-7(11)13-6/h3,5-6,8,10-11H,4H2,1-2H3/t5-,6-,8+/m1/s1. The van der Waals surface area contributed by atoms with Crippen molar-refractivity contribution in [3.63, 3.8) is 0 Å². The Morgan fingerprint density at radius 3 is 2.93 bits per heavy atom. The Kier molecular flexibility index (Phi) is 2.17. The highest BCUT2D eigenvalue weighted by atomic mass is 16.7. The van der Waals surface area contributed by atoms with Crippen LogP contribution >= 0.6 is 0 Å². The van der Waals surface area contributed by atoms with Crippen molar-refractivity contribution in [2.24, 2.45) is 0 Å². The lowest BCUT2D eigenvalue weighted by Gasteiger charge is -2.43. The van der Waals surface area contributed by atoms with E-state index >= 15 is 0 Å². The van der Waals surface area contributed by atoms with Gasteiger partial charge in [0.25, 0.3) is 5.95 Å². The van der Waals surface area contributed by atoms with Gasteiger partial charge in [-0.3, -0.25) is 0 Å². The maximum atomic E-state index is 9.61. The van der Waals surface area contributed by atoms with Crippen molar-refractivity contribution in [2.75, 3.05) is 6.61 Å². The first kappa shape index (κ1) is 9.76. The van der Waals surface area contributed by atoms with Crippen molar-refractivity contribution >= 4 is 0 Å². The van der Waals surface area contributed by atoms with Crippen molar-refractivity contribution < 1.29 is 24.4 Å². The largest absolute Gasteiger partial charge is 0.481 e. The van der Waals surface area contributed by atoms with Crippen molar-refractivity contribution in [1.82, 2.24) is 0 Å². The minimum Gasteiger partial charge on any atom is -0.481 e. The van der Waals surface area contributed by atoms with E-state index in [0.29, 0.717) is 6.61 Å². The maximum Gasteiger partial charge on any atom is 0.275 e. The van der Waals surface area contributed by atoms with Crippen LogP contribution in [0.3, 0.4) is 0 Å². The quantitative estimate of drug-likeness (QED) is 0.591. The third-order valence-corrected chi connectivity index (χ3v) is 2.30. The predicted molar refractivity (Wildman–Crippen MR) is 46.5 cm³/mol. The molecule has 14 heavy (non-hydrogen) atoms. The monoisotopic (exact) mass is 202 g/mol. The summed E-state index contributed by atoms with van der Waals surface area (Å²) in [7, 11) is 0. The van der Waals surface area contributed by atoms with Crippen molar-refractivity contribution in [1.29, 1.82) is 0 Å². The summed E-state index contributed by atoms with van der Waals surface area (Å²) in [5.41, 5.74) is 0. The number of hydrogen-bond acceptors (Lipinski definition) is 5. The van der Waals surface area contributed by atoms with Crippen LogP contribution in [0.15, 0.2) is 12.0 Å². The van der Waals surface area contributed by atoms with Gasteiger partial charge in [-0.25, -0.2) is 0 Å². The van der Waals surface area contributed by atoms with E-state index < -0.39 is 24.1 Å². The number of fused-ring (bicyclic) bond motifs is 1. The number of rotatable bonds is 0. The Bertz CT molecular complexity index is 260. The molecule has 0 bridgehead atoms. The first-order chi connectivity index (χ1) is 6.48. The Morgan fingerprint density at radius 2 is 2.21 bits per heavy atom. The molecule has 2 rings (SSSR count). The van der Waals surface area contributed by atoms with Gasteiger partial charge in [0.05, 0.1) is 6.61 Å². The molecular formula is C9H14O5. The SMILES string of the molecule is CC1(C)OC[C@H]2OC(O)=C[C@@H](O)[C@@H]2O1. The van der Waals surface area contributed by atoms with Crippen molar-refractivity contribution in [2.45, 2.75) is 37.9 Å². The Morgan fingerprint density at radius 1 is 1.50 bits per heavy atom. The van der Waals surface area contributed by atoms with E-state index in [4.69, 9.17) is 19.3 Å². The molecule has 0 aromatic rings. The molecule has 2 N–H and O–H groups in total. The third-order valence-electron chi connectivity index (χ3n) is 2.30. The molecule has 1 saturated heterocycles. The van der Waals surface area contributed by atoms with E-state index in [1.165, 1.54) is 6.08 Å². The molecule has 2 heterocycles. The molecule has 0 amide bonds. The van der Waals surface area contributed by atoms with Gasteiger partial charge in [-0.1, -0.05) is 0 Å². The lowest BCUT2D eigenvalue weighted by molar-refractivity contribution is -0.324.